The van der Waals surface area contributed by atoms with Crippen molar-refractivity contribution in [2.75, 3.05) is 25.0 Å². The third-order valence-electron chi connectivity index (χ3n) is 3.73. The van der Waals surface area contributed by atoms with Crippen LogP contribution in [0.3, 0.4) is 0 Å². The van der Waals surface area contributed by atoms with Gasteiger partial charge in [-0.25, -0.2) is 4.39 Å². The molecule has 0 saturated carbocycles. The lowest BCUT2D eigenvalue weighted by molar-refractivity contribution is -0.116. The van der Waals surface area contributed by atoms with Crippen LogP contribution in [0.15, 0.2) is 24.3 Å². The quantitative estimate of drug-likeness (QED) is 0.921. The monoisotopic (exact) mass is 314 g/mol. The highest BCUT2D eigenvalue weighted by Crippen LogP contribution is 2.20. The van der Waals surface area contributed by atoms with E-state index in [0.717, 1.165) is 19.6 Å². The van der Waals surface area contributed by atoms with Gasteiger partial charge in [0.1, 0.15) is 5.82 Å². The van der Waals surface area contributed by atoms with Crippen LogP contribution in [0, 0.1) is 17.7 Å². The zero-order chi connectivity index (χ0) is 14.5. The molecule has 2 unspecified atom stereocenters. The van der Waals surface area contributed by atoms with Gasteiger partial charge >= 0.3 is 0 Å². The summed E-state index contributed by atoms with van der Waals surface area (Å²) in [4.78, 5) is 14.2. The molecule has 1 amide bonds. The molecule has 0 spiro atoms. The van der Waals surface area contributed by atoms with Crippen molar-refractivity contribution in [1.82, 2.24) is 4.90 Å². The number of hydrogen-bond acceptors (Lipinski definition) is 2. The molecule has 118 valence electrons. The number of nitrogens with zero attached hydrogens (tertiary/aromatic N) is 1. The molecule has 1 heterocycles. The number of piperidine rings is 1. The predicted molar refractivity (Wildman–Crippen MR) is 86.3 cm³/mol. The maximum absolute atomic E-state index is 12.8. The second-order valence-corrected chi connectivity index (χ2v) is 6.01. The molecule has 0 bridgehead atoms. The second-order valence-electron chi connectivity index (χ2n) is 6.01. The Labute approximate surface area is 132 Å². The summed E-state index contributed by atoms with van der Waals surface area (Å²) in [7, 11) is 0. The first-order valence-electron chi connectivity index (χ1n) is 7.30. The lowest BCUT2D eigenvalue weighted by atomic mass is 9.92. The van der Waals surface area contributed by atoms with E-state index in [-0.39, 0.29) is 24.1 Å². The van der Waals surface area contributed by atoms with Crippen LogP contribution >= 0.6 is 12.4 Å². The number of hydrogen-bond donors (Lipinski definition) is 1. The number of anilines is 1. The summed E-state index contributed by atoms with van der Waals surface area (Å²) in [6.45, 7) is 7.48. The third-order valence-corrected chi connectivity index (χ3v) is 3.73. The Morgan fingerprint density at radius 2 is 1.81 bits per heavy atom. The van der Waals surface area contributed by atoms with Crippen LogP contribution in [0.2, 0.25) is 0 Å². The van der Waals surface area contributed by atoms with Crippen LogP contribution in [-0.2, 0) is 4.79 Å². The first kappa shape index (κ1) is 17.9. The molecule has 1 aliphatic heterocycles. The summed E-state index contributed by atoms with van der Waals surface area (Å²) in [5, 5.41) is 2.80. The minimum absolute atomic E-state index is 0. The molecule has 1 saturated heterocycles. The Morgan fingerprint density at radius 1 is 1.24 bits per heavy atom. The highest BCUT2D eigenvalue weighted by molar-refractivity contribution is 5.90. The number of carbonyl (C=O) groups is 1. The minimum Gasteiger partial charge on any atom is -0.326 e. The minimum atomic E-state index is -0.292. The van der Waals surface area contributed by atoms with Crippen molar-refractivity contribution >= 4 is 24.0 Å². The smallest absolute Gasteiger partial charge is 0.225 e. The van der Waals surface area contributed by atoms with Gasteiger partial charge in [0.2, 0.25) is 5.91 Å². The lowest BCUT2D eigenvalue weighted by Crippen LogP contribution is -2.40. The molecule has 0 aromatic heterocycles. The van der Waals surface area contributed by atoms with Crippen LogP contribution in [0.1, 0.15) is 26.7 Å². The van der Waals surface area contributed by atoms with Gasteiger partial charge < -0.3 is 10.2 Å². The topological polar surface area (TPSA) is 32.3 Å². The number of rotatable bonds is 4. The maximum atomic E-state index is 12.8. The average Bonchev–Trinajstić information content (AvgIpc) is 2.38. The molecule has 1 aliphatic rings. The summed E-state index contributed by atoms with van der Waals surface area (Å²) in [5.41, 5.74) is 0.650. The zero-order valence-electron chi connectivity index (χ0n) is 12.6. The number of amides is 1. The molecular formula is C16H24ClFN2O. The fourth-order valence-corrected chi connectivity index (χ4v) is 2.99. The Hall–Kier alpha value is -1.13. The molecular weight excluding hydrogens is 291 g/mol. The maximum Gasteiger partial charge on any atom is 0.225 e. The second kappa shape index (κ2) is 8.35. The van der Waals surface area contributed by atoms with E-state index >= 15 is 0 Å². The van der Waals surface area contributed by atoms with Gasteiger partial charge in [0.25, 0.3) is 0 Å². The molecule has 21 heavy (non-hydrogen) atoms. The van der Waals surface area contributed by atoms with E-state index in [2.05, 4.69) is 24.1 Å². The van der Waals surface area contributed by atoms with Gasteiger partial charge in [-0.2, -0.15) is 0 Å². The summed E-state index contributed by atoms with van der Waals surface area (Å²) < 4.78 is 12.8. The molecule has 2 rings (SSSR count). The fourth-order valence-electron chi connectivity index (χ4n) is 2.99. The van der Waals surface area contributed by atoms with E-state index in [1.54, 1.807) is 12.1 Å². The van der Waals surface area contributed by atoms with Crippen LogP contribution in [-0.4, -0.2) is 30.4 Å². The number of benzene rings is 1. The molecule has 3 nitrogen and oxygen atoms in total. The largest absolute Gasteiger partial charge is 0.326 e. The number of halogens is 2. The number of nitrogens with one attached hydrogen (secondary N) is 1. The number of carbonyl (C=O) groups excluding carboxylic acids is 1. The Balaban J connectivity index is 0.00000220. The van der Waals surface area contributed by atoms with Gasteiger partial charge in [-0.3, -0.25) is 4.79 Å². The Morgan fingerprint density at radius 3 is 2.38 bits per heavy atom. The standard InChI is InChI=1S/C16H23FN2O.ClH/c1-12-9-13(2)11-19(10-12)8-7-16(20)18-15-5-3-14(17)4-6-15;/h3-6,12-13H,7-11H2,1-2H3,(H,18,20);1H. The predicted octanol–water partition coefficient (Wildman–Crippen LogP) is 3.55. The van der Waals surface area contributed by atoms with E-state index in [4.69, 9.17) is 0 Å². The Kier molecular flexibility index (Phi) is 7.12. The molecule has 1 fully saturated rings. The lowest BCUT2D eigenvalue weighted by Gasteiger charge is -2.34. The van der Waals surface area contributed by atoms with Gasteiger partial charge in [-0.05, 0) is 42.5 Å². The zero-order valence-corrected chi connectivity index (χ0v) is 13.5. The van der Waals surface area contributed by atoms with E-state index in [1.165, 1.54) is 18.6 Å². The molecule has 0 aliphatic carbocycles. The van der Waals surface area contributed by atoms with Gasteiger partial charge in [-0.15, -0.1) is 12.4 Å². The highest BCUT2D eigenvalue weighted by atomic mass is 35.5. The van der Waals surface area contributed by atoms with E-state index in [0.29, 0.717) is 23.9 Å². The molecule has 1 aromatic carbocycles. The van der Waals surface area contributed by atoms with Crippen molar-refractivity contribution in [2.45, 2.75) is 26.7 Å². The average molecular weight is 315 g/mol. The van der Waals surface area contributed by atoms with Gasteiger partial charge in [0.05, 0.1) is 0 Å². The van der Waals surface area contributed by atoms with Gasteiger partial charge in [0, 0.05) is 31.7 Å². The molecule has 1 N–H and O–H groups in total. The van der Waals surface area contributed by atoms with Gasteiger partial charge in [0.15, 0.2) is 0 Å². The highest BCUT2D eigenvalue weighted by Gasteiger charge is 2.21. The van der Waals surface area contributed by atoms with Gasteiger partial charge in [-0.1, -0.05) is 13.8 Å². The fraction of sp³-hybridized carbons (Fsp3) is 0.562. The summed E-state index contributed by atoms with van der Waals surface area (Å²) >= 11 is 0. The SMILES string of the molecule is CC1CC(C)CN(CCC(=O)Nc2ccc(F)cc2)C1.Cl. The van der Waals surface area contributed by atoms with E-state index < -0.39 is 0 Å². The molecule has 5 heteroatoms. The summed E-state index contributed by atoms with van der Waals surface area (Å²) in [5.74, 6) is 1.11. The molecule has 2 atom stereocenters. The van der Waals surface area contributed by atoms with Crippen molar-refractivity contribution in [2.24, 2.45) is 11.8 Å². The Bertz CT molecular complexity index is 442. The van der Waals surface area contributed by atoms with Crippen molar-refractivity contribution in [3.8, 4) is 0 Å². The van der Waals surface area contributed by atoms with Crippen LogP contribution in [0.5, 0.6) is 0 Å². The third kappa shape index (κ3) is 6.02. The first-order valence-corrected chi connectivity index (χ1v) is 7.30. The first-order chi connectivity index (χ1) is 9.52. The molecule has 1 aromatic rings. The van der Waals surface area contributed by atoms with Crippen molar-refractivity contribution in [3.63, 3.8) is 0 Å². The van der Waals surface area contributed by atoms with E-state index in [1.807, 2.05) is 0 Å². The molecule has 0 radical (unpaired) electrons. The summed E-state index contributed by atoms with van der Waals surface area (Å²) in [6, 6.07) is 5.86. The van der Waals surface area contributed by atoms with Crippen LogP contribution < -0.4 is 5.32 Å². The van der Waals surface area contributed by atoms with Crippen LogP contribution in [0.25, 0.3) is 0 Å². The van der Waals surface area contributed by atoms with Crippen molar-refractivity contribution in [1.29, 1.82) is 0 Å². The van der Waals surface area contributed by atoms with E-state index in [9.17, 15) is 9.18 Å². The summed E-state index contributed by atoms with van der Waals surface area (Å²) in [6.07, 6.45) is 1.76. The van der Waals surface area contributed by atoms with Crippen molar-refractivity contribution < 1.29 is 9.18 Å². The normalized spacial score (nSPS) is 22.4. The number of likely N-dealkylation sites (tertiary alicyclic amines) is 1. The van der Waals surface area contributed by atoms with Crippen LogP contribution in [0.4, 0.5) is 10.1 Å². The van der Waals surface area contributed by atoms with Crippen molar-refractivity contribution in [3.05, 3.63) is 30.1 Å².